The van der Waals surface area contributed by atoms with Crippen LogP contribution in [-0.2, 0) is 0 Å². The topological polar surface area (TPSA) is 36.2 Å². The molecule has 0 saturated heterocycles. The third-order valence-corrected chi connectivity index (χ3v) is 2.49. The number of nitrogens with one attached hydrogen (secondary N) is 1. The van der Waals surface area contributed by atoms with Crippen molar-refractivity contribution >= 4 is 27.9 Å². The SMILES string of the molecule is CC1N=CC(=N)CC1Br. The molecule has 0 fully saturated rings. The lowest BCUT2D eigenvalue weighted by molar-refractivity contribution is 0.710. The normalized spacial score (nSPS) is 35.1. The van der Waals surface area contributed by atoms with E-state index in [1.54, 1.807) is 6.21 Å². The van der Waals surface area contributed by atoms with Gasteiger partial charge in [-0.2, -0.15) is 0 Å². The summed E-state index contributed by atoms with van der Waals surface area (Å²) in [5, 5.41) is 7.23. The summed E-state index contributed by atoms with van der Waals surface area (Å²) in [5.41, 5.74) is 0.620. The fourth-order valence-electron chi connectivity index (χ4n) is 0.734. The highest BCUT2D eigenvalue weighted by molar-refractivity contribution is 9.09. The predicted octanol–water partition coefficient (Wildman–Crippen LogP) is 1.63. The Bertz CT molecular complexity index is 153. The molecule has 0 aliphatic carbocycles. The van der Waals surface area contributed by atoms with E-state index >= 15 is 0 Å². The zero-order valence-corrected chi connectivity index (χ0v) is 6.85. The van der Waals surface area contributed by atoms with Gasteiger partial charge in [0.1, 0.15) is 0 Å². The molecule has 0 radical (unpaired) electrons. The molecule has 1 rings (SSSR count). The minimum atomic E-state index is 0.332. The average molecular weight is 189 g/mol. The standard InChI is InChI=1S/C6H9BrN2/c1-4-6(7)2-5(8)3-9-4/h3-4,6,8H,2H2,1H3. The monoisotopic (exact) mass is 188 g/mol. The zero-order chi connectivity index (χ0) is 6.85. The van der Waals surface area contributed by atoms with Crippen LogP contribution in [0.1, 0.15) is 13.3 Å². The van der Waals surface area contributed by atoms with Crippen molar-refractivity contribution < 1.29 is 0 Å². The van der Waals surface area contributed by atoms with Crippen LogP contribution in [0.25, 0.3) is 0 Å². The Labute approximate surface area is 63.0 Å². The summed E-state index contributed by atoms with van der Waals surface area (Å²) < 4.78 is 0. The number of halogens is 1. The second-order valence-electron chi connectivity index (χ2n) is 2.26. The number of rotatable bonds is 0. The molecule has 50 valence electrons. The Kier molecular flexibility index (Phi) is 2.01. The van der Waals surface area contributed by atoms with Crippen molar-refractivity contribution in [1.82, 2.24) is 0 Å². The average Bonchev–Trinajstić information content (AvgIpc) is 1.80. The van der Waals surface area contributed by atoms with Crippen molar-refractivity contribution in [2.75, 3.05) is 0 Å². The molecule has 1 heterocycles. The predicted molar refractivity (Wildman–Crippen MR) is 43.0 cm³/mol. The van der Waals surface area contributed by atoms with Crippen LogP contribution >= 0.6 is 15.9 Å². The van der Waals surface area contributed by atoms with Crippen LogP contribution in [0.4, 0.5) is 0 Å². The fraction of sp³-hybridized carbons (Fsp3) is 0.667. The molecule has 0 amide bonds. The number of aliphatic imine (C=N–C) groups is 1. The lowest BCUT2D eigenvalue weighted by atomic mass is 10.1. The van der Waals surface area contributed by atoms with Gasteiger partial charge in [-0.1, -0.05) is 15.9 Å². The molecule has 3 heteroatoms. The maximum atomic E-state index is 7.23. The molecule has 1 aliphatic heterocycles. The van der Waals surface area contributed by atoms with E-state index in [4.69, 9.17) is 5.41 Å². The molecule has 1 aliphatic rings. The first-order valence-electron chi connectivity index (χ1n) is 2.95. The van der Waals surface area contributed by atoms with Crippen LogP contribution in [0, 0.1) is 5.41 Å². The van der Waals surface area contributed by atoms with Gasteiger partial charge in [-0.15, -0.1) is 0 Å². The maximum Gasteiger partial charge on any atom is 0.0600 e. The smallest absolute Gasteiger partial charge is 0.0600 e. The van der Waals surface area contributed by atoms with Gasteiger partial charge in [0.15, 0.2) is 0 Å². The van der Waals surface area contributed by atoms with E-state index in [0.29, 0.717) is 16.6 Å². The summed E-state index contributed by atoms with van der Waals surface area (Å²) in [6.07, 6.45) is 2.45. The lowest BCUT2D eigenvalue weighted by Gasteiger charge is -2.17. The van der Waals surface area contributed by atoms with Crippen molar-refractivity contribution in [3.8, 4) is 0 Å². The first-order chi connectivity index (χ1) is 4.20. The summed E-state index contributed by atoms with van der Waals surface area (Å²) in [6, 6.07) is 0.332. The van der Waals surface area contributed by atoms with E-state index in [9.17, 15) is 0 Å². The van der Waals surface area contributed by atoms with E-state index < -0.39 is 0 Å². The highest BCUT2D eigenvalue weighted by Gasteiger charge is 2.17. The maximum absolute atomic E-state index is 7.23. The fourth-order valence-corrected chi connectivity index (χ4v) is 1.22. The Hall–Kier alpha value is -0.180. The van der Waals surface area contributed by atoms with Crippen molar-refractivity contribution in [1.29, 1.82) is 5.41 Å². The molecule has 0 bridgehead atoms. The second kappa shape index (κ2) is 2.60. The summed E-state index contributed by atoms with van der Waals surface area (Å²) in [7, 11) is 0. The molecule has 2 nitrogen and oxygen atoms in total. The van der Waals surface area contributed by atoms with E-state index in [2.05, 4.69) is 20.9 Å². The molecular formula is C6H9BrN2. The van der Waals surface area contributed by atoms with Gasteiger partial charge in [0.25, 0.3) is 0 Å². The van der Waals surface area contributed by atoms with E-state index in [0.717, 1.165) is 6.42 Å². The van der Waals surface area contributed by atoms with E-state index in [1.807, 2.05) is 6.92 Å². The molecule has 2 unspecified atom stereocenters. The molecule has 0 spiro atoms. The van der Waals surface area contributed by atoms with Crippen molar-refractivity contribution in [2.45, 2.75) is 24.2 Å². The van der Waals surface area contributed by atoms with Crippen LogP contribution in [0.3, 0.4) is 0 Å². The van der Waals surface area contributed by atoms with Crippen molar-refractivity contribution in [2.24, 2.45) is 4.99 Å². The molecule has 0 aromatic heterocycles. The minimum absolute atomic E-state index is 0.332. The van der Waals surface area contributed by atoms with Gasteiger partial charge in [-0.25, -0.2) is 0 Å². The van der Waals surface area contributed by atoms with Gasteiger partial charge < -0.3 is 5.41 Å². The summed E-state index contributed by atoms with van der Waals surface area (Å²) in [5.74, 6) is 0. The molecule has 1 N–H and O–H groups in total. The molecular weight excluding hydrogens is 180 g/mol. The highest BCUT2D eigenvalue weighted by atomic mass is 79.9. The number of alkyl halides is 1. The lowest BCUT2D eigenvalue weighted by Crippen LogP contribution is -2.24. The van der Waals surface area contributed by atoms with Crippen LogP contribution in [0.15, 0.2) is 4.99 Å². The third-order valence-electron chi connectivity index (χ3n) is 1.40. The molecule has 9 heavy (non-hydrogen) atoms. The van der Waals surface area contributed by atoms with Crippen LogP contribution in [-0.4, -0.2) is 22.8 Å². The largest absolute Gasteiger partial charge is 0.304 e. The quantitative estimate of drug-likeness (QED) is 0.562. The summed E-state index contributed by atoms with van der Waals surface area (Å²) >= 11 is 3.44. The molecule has 2 atom stereocenters. The van der Waals surface area contributed by atoms with E-state index in [1.165, 1.54) is 0 Å². The minimum Gasteiger partial charge on any atom is -0.304 e. The Morgan fingerprint density at radius 2 is 2.56 bits per heavy atom. The van der Waals surface area contributed by atoms with Gasteiger partial charge in [-0.3, -0.25) is 4.99 Å². The van der Waals surface area contributed by atoms with Gasteiger partial charge in [0, 0.05) is 17.5 Å². The summed E-state index contributed by atoms with van der Waals surface area (Å²) in [4.78, 5) is 4.47. The van der Waals surface area contributed by atoms with Gasteiger partial charge in [0.2, 0.25) is 0 Å². The van der Waals surface area contributed by atoms with Crippen molar-refractivity contribution in [3.63, 3.8) is 0 Å². The zero-order valence-electron chi connectivity index (χ0n) is 5.26. The number of hydrogen-bond acceptors (Lipinski definition) is 2. The number of nitrogens with zero attached hydrogens (tertiary/aromatic N) is 1. The first kappa shape index (κ1) is 6.93. The van der Waals surface area contributed by atoms with Gasteiger partial charge in [0.05, 0.1) is 11.8 Å². The second-order valence-corrected chi connectivity index (χ2v) is 3.44. The third kappa shape index (κ3) is 1.61. The highest BCUT2D eigenvalue weighted by Crippen LogP contribution is 2.16. The van der Waals surface area contributed by atoms with Crippen LogP contribution in [0.2, 0.25) is 0 Å². The first-order valence-corrected chi connectivity index (χ1v) is 3.86. The molecule has 0 aromatic carbocycles. The molecule has 0 aromatic rings. The Morgan fingerprint density at radius 1 is 1.89 bits per heavy atom. The van der Waals surface area contributed by atoms with Crippen LogP contribution in [0.5, 0.6) is 0 Å². The van der Waals surface area contributed by atoms with Gasteiger partial charge in [-0.05, 0) is 6.92 Å². The van der Waals surface area contributed by atoms with Gasteiger partial charge >= 0.3 is 0 Å². The van der Waals surface area contributed by atoms with Crippen LogP contribution < -0.4 is 0 Å². The van der Waals surface area contributed by atoms with E-state index in [-0.39, 0.29) is 0 Å². The Morgan fingerprint density at radius 3 is 3.00 bits per heavy atom. The molecule has 0 saturated carbocycles. The Balaban J connectivity index is 2.65. The number of hydrogen-bond donors (Lipinski definition) is 1. The summed E-state index contributed by atoms with van der Waals surface area (Å²) in [6.45, 7) is 2.04. The van der Waals surface area contributed by atoms with Crippen molar-refractivity contribution in [3.05, 3.63) is 0 Å².